The van der Waals surface area contributed by atoms with E-state index in [1.807, 2.05) is 0 Å². The van der Waals surface area contributed by atoms with Gasteiger partial charge in [-0.05, 0) is 49.5 Å². The number of hydrogen-bond acceptors (Lipinski definition) is 4. The first-order chi connectivity index (χ1) is 13.5. The number of piperidine rings is 1. The fourth-order valence-corrected chi connectivity index (χ4v) is 5.62. The smallest absolute Gasteiger partial charge is 0.246 e. The van der Waals surface area contributed by atoms with E-state index in [4.69, 9.17) is 4.74 Å². The molecule has 2 fully saturated rings. The monoisotopic (exact) mass is 406 g/mol. The summed E-state index contributed by atoms with van der Waals surface area (Å²) >= 11 is 0. The molecule has 1 saturated heterocycles. The van der Waals surface area contributed by atoms with E-state index in [-0.39, 0.29) is 16.8 Å². The van der Waals surface area contributed by atoms with Crippen molar-refractivity contribution in [3.05, 3.63) is 29.8 Å². The van der Waals surface area contributed by atoms with Crippen molar-refractivity contribution in [2.75, 3.05) is 20.2 Å². The van der Waals surface area contributed by atoms with Crippen molar-refractivity contribution in [1.82, 2.24) is 9.62 Å². The summed E-state index contributed by atoms with van der Waals surface area (Å²) in [7, 11) is -2.14. The van der Waals surface area contributed by atoms with E-state index in [0.717, 1.165) is 44.9 Å². The molecule has 1 aromatic rings. The third-order valence-electron chi connectivity index (χ3n) is 5.50. The number of nitrogens with zero attached hydrogens (tertiary/aromatic N) is 1. The van der Waals surface area contributed by atoms with Gasteiger partial charge in [-0.15, -0.1) is 0 Å². The SMILES string of the molecule is COc1ccc(C=CC(=O)NC2CCCCC2)cc1S(=O)(=O)N1CCCCC1. The number of methoxy groups -OCH3 is 1. The van der Waals surface area contributed by atoms with Gasteiger partial charge in [0, 0.05) is 25.2 Å². The minimum atomic E-state index is -3.61. The molecule has 1 aliphatic carbocycles. The van der Waals surface area contributed by atoms with Crippen LogP contribution in [0.5, 0.6) is 5.75 Å². The molecule has 1 amide bonds. The van der Waals surface area contributed by atoms with Crippen molar-refractivity contribution >= 4 is 22.0 Å². The van der Waals surface area contributed by atoms with Gasteiger partial charge < -0.3 is 10.1 Å². The van der Waals surface area contributed by atoms with Crippen LogP contribution in [0.2, 0.25) is 0 Å². The normalized spacial score (nSPS) is 19.6. The van der Waals surface area contributed by atoms with Gasteiger partial charge in [-0.25, -0.2) is 8.42 Å². The number of carbonyl (C=O) groups is 1. The molecule has 0 atom stereocenters. The molecule has 1 heterocycles. The summed E-state index contributed by atoms with van der Waals surface area (Å²) in [6, 6.07) is 5.25. The molecule has 1 aromatic carbocycles. The van der Waals surface area contributed by atoms with Gasteiger partial charge in [-0.3, -0.25) is 4.79 Å². The van der Waals surface area contributed by atoms with Gasteiger partial charge in [-0.1, -0.05) is 31.7 Å². The summed E-state index contributed by atoms with van der Waals surface area (Å²) in [5.41, 5.74) is 0.662. The number of nitrogens with one attached hydrogen (secondary N) is 1. The molecule has 3 rings (SSSR count). The number of benzene rings is 1. The summed E-state index contributed by atoms with van der Waals surface area (Å²) in [6.07, 6.45) is 11.6. The Morgan fingerprint density at radius 1 is 1.11 bits per heavy atom. The number of sulfonamides is 1. The first kappa shape index (κ1) is 20.9. The Labute approximate surface area is 168 Å². The van der Waals surface area contributed by atoms with E-state index in [0.29, 0.717) is 24.4 Å². The van der Waals surface area contributed by atoms with Gasteiger partial charge in [0.05, 0.1) is 7.11 Å². The van der Waals surface area contributed by atoms with Gasteiger partial charge in [0.1, 0.15) is 10.6 Å². The molecule has 0 bridgehead atoms. The molecule has 0 radical (unpaired) electrons. The molecule has 1 N–H and O–H groups in total. The first-order valence-corrected chi connectivity index (χ1v) is 11.6. The molecule has 0 unspecified atom stereocenters. The van der Waals surface area contributed by atoms with Gasteiger partial charge in [0.25, 0.3) is 0 Å². The fraction of sp³-hybridized carbons (Fsp3) is 0.571. The lowest BCUT2D eigenvalue weighted by molar-refractivity contribution is -0.117. The second-order valence-corrected chi connectivity index (χ2v) is 9.46. The predicted molar refractivity (Wildman–Crippen MR) is 110 cm³/mol. The topological polar surface area (TPSA) is 75.7 Å². The van der Waals surface area contributed by atoms with Crippen LogP contribution in [0.1, 0.15) is 56.9 Å². The molecule has 154 valence electrons. The largest absolute Gasteiger partial charge is 0.495 e. The average Bonchev–Trinajstić information content (AvgIpc) is 2.73. The third-order valence-corrected chi connectivity index (χ3v) is 7.42. The quantitative estimate of drug-likeness (QED) is 0.735. The van der Waals surface area contributed by atoms with Gasteiger partial charge >= 0.3 is 0 Å². The lowest BCUT2D eigenvalue weighted by atomic mass is 9.95. The van der Waals surface area contributed by atoms with Gasteiger partial charge in [0.2, 0.25) is 15.9 Å². The maximum atomic E-state index is 13.1. The summed E-state index contributed by atoms with van der Waals surface area (Å²) in [6.45, 7) is 1.07. The van der Waals surface area contributed by atoms with E-state index < -0.39 is 10.0 Å². The van der Waals surface area contributed by atoms with Crippen molar-refractivity contribution in [3.63, 3.8) is 0 Å². The predicted octanol–water partition coefficient (Wildman–Crippen LogP) is 3.33. The lowest BCUT2D eigenvalue weighted by Gasteiger charge is -2.26. The highest BCUT2D eigenvalue weighted by Gasteiger charge is 2.29. The van der Waals surface area contributed by atoms with Crippen molar-refractivity contribution in [2.45, 2.75) is 62.3 Å². The maximum absolute atomic E-state index is 13.1. The molecule has 28 heavy (non-hydrogen) atoms. The highest BCUT2D eigenvalue weighted by molar-refractivity contribution is 7.89. The van der Waals surface area contributed by atoms with Crippen LogP contribution in [0, 0.1) is 0 Å². The minimum Gasteiger partial charge on any atom is -0.495 e. The van der Waals surface area contributed by atoms with E-state index in [1.165, 1.54) is 23.9 Å². The third kappa shape index (κ3) is 5.14. The molecule has 1 saturated carbocycles. The van der Waals surface area contributed by atoms with Crippen molar-refractivity contribution in [2.24, 2.45) is 0 Å². The molecule has 1 aliphatic heterocycles. The highest BCUT2D eigenvalue weighted by Crippen LogP contribution is 2.30. The van der Waals surface area contributed by atoms with E-state index in [9.17, 15) is 13.2 Å². The van der Waals surface area contributed by atoms with Crippen LogP contribution in [0.3, 0.4) is 0 Å². The number of ether oxygens (including phenoxy) is 1. The number of amides is 1. The van der Waals surface area contributed by atoms with Crippen LogP contribution in [-0.2, 0) is 14.8 Å². The van der Waals surface area contributed by atoms with Crippen molar-refractivity contribution in [1.29, 1.82) is 0 Å². The Morgan fingerprint density at radius 2 is 1.79 bits per heavy atom. The summed E-state index contributed by atoms with van der Waals surface area (Å²) < 4.78 is 32.9. The first-order valence-electron chi connectivity index (χ1n) is 10.2. The Hall–Kier alpha value is -1.86. The zero-order valence-corrected chi connectivity index (χ0v) is 17.3. The highest BCUT2D eigenvalue weighted by atomic mass is 32.2. The fourth-order valence-electron chi connectivity index (χ4n) is 3.91. The van der Waals surface area contributed by atoms with Crippen LogP contribution in [0.25, 0.3) is 6.08 Å². The number of hydrogen-bond donors (Lipinski definition) is 1. The minimum absolute atomic E-state index is 0.136. The number of carbonyl (C=O) groups excluding carboxylic acids is 1. The lowest BCUT2D eigenvalue weighted by Crippen LogP contribution is -2.35. The summed E-state index contributed by atoms with van der Waals surface area (Å²) in [5, 5.41) is 3.03. The van der Waals surface area contributed by atoms with E-state index >= 15 is 0 Å². The van der Waals surface area contributed by atoms with E-state index in [2.05, 4.69) is 5.32 Å². The summed E-state index contributed by atoms with van der Waals surface area (Å²) in [4.78, 5) is 12.3. The van der Waals surface area contributed by atoms with Gasteiger partial charge in [0.15, 0.2) is 0 Å². The van der Waals surface area contributed by atoms with Crippen LogP contribution in [0.4, 0.5) is 0 Å². The molecular weight excluding hydrogens is 376 g/mol. The number of rotatable bonds is 6. The van der Waals surface area contributed by atoms with Crippen LogP contribution >= 0.6 is 0 Å². The molecule has 6 nitrogen and oxygen atoms in total. The Kier molecular flexibility index (Phi) is 7.13. The average molecular weight is 407 g/mol. The molecule has 2 aliphatic rings. The van der Waals surface area contributed by atoms with Gasteiger partial charge in [-0.2, -0.15) is 4.31 Å². The molecule has 0 aromatic heterocycles. The van der Waals surface area contributed by atoms with Crippen LogP contribution in [0.15, 0.2) is 29.2 Å². The van der Waals surface area contributed by atoms with E-state index in [1.54, 1.807) is 24.3 Å². The van der Waals surface area contributed by atoms with Crippen LogP contribution in [-0.4, -0.2) is 44.9 Å². The van der Waals surface area contributed by atoms with Crippen molar-refractivity contribution in [3.8, 4) is 5.75 Å². The second kappa shape index (κ2) is 9.56. The maximum Gasteiger partial charge on any atom is 0.246 e. The molecule has 0 spiro atoms. The van der Waals surface area contributed by atoms with Crippen LogP contribution < -0.4 is 10.1 Å². The zero-order chi connectivity index (χ0) is 20.0. The Bertz CT molecular complexity index is 808. The second-order valence-electron chi connectivity index (χ2n) is 7.55. The van der Waals surface area contributed by atoms with Crippen molar-refractivity contribution < 1.29 is 17.9 Å². The Morgan fingerprint density at radius 3 is 2.46 bits per heavy atom. The standard InChI is InChI=1S/C21H30N2O4S/c1-27-19-12-10-17(11-13-21(24)22-18-8-4-2-5-9-18)16-20(19)28(25,26)23-14-6-3-7-15-23/h10-13,16,18H,2-9,14-15H2,1H3,(H,22,24). The summed E-state index contributed by atoms with van der Waals surface area (Å²) in [5.74, 6) is 0.192. The Balaban J connectivity index is 1.75. The zero-order valence-electron chi connectivity index (χ0n) is 16.5. The molecular formula is C21H30N2O4S. The molecule has 7 heteroatoms.